The molecule has 2 heterocycles. The van der Waals surface area contributed by atoms with Crippen molar-refractivity contribution >= 4 is 5.69 Å². The zero-order chi connectivity index (χ0) is 13.7. The summed E-state index contributed by atoms with van der Waals surface area (Å²) in [7, 11) is 0. The molecule has 0 amide bonds. The third kappa shape index (κ3) is 3.42. The van der Waals surface area contributed by atoms with Crippen molar-refractivity contribution in [2.45, 2.75) is 20.0 Å². The number of nitrogens with zero attached hydrogens (tertiary/aromatic N) is 2. The van der Waals surface area contributed by atoms with Gasteiger partial charge in [0.05, 0.1) is 6.61 Å². The predicted octanol–water partition coefficient (Wildman–Crippen LogP) is 1.16. The highest BCUT2D eigenvalue weighted by Crippen LogP contribution is 2.09. The van der Waals surface area contributed by atoms with Crippen LogP contribution in [0.15, 0.2) is 41.5 Å². The van der Waals surface area contributed by atoms with E-state index in [-0.39, 0.29) is 12.2 Å². The van der Waals surface area contributed by atoms with Crippen LogP contribution in [0.25, 0.3) is 0 Å². The largest absolute Gasteiger partial charge is 0.395 e. The number of rotatable bonds is 5. The third-order valence-corrected chi connectivity index (χ3v) is 2.88. The van der Waals surface area contributed by atoms with E-state index in [1.165, 1.54) is 0 Å². The number of aliphatic hydroxyl groups excluding tert-OH is 1. The van der Waals surface area contributed by atoms with Crippen molar-refractivity contribution in [1.29, 1.82) is 0 Å². The normalized spacial score (nSPS) is 10.4. The number of aryl methyl sites for hydroxylation is 1. The molecule has 5 heteroatoms. The van der Waals surface area contributed by atoms with Crippen molar-refractivity contribution in [2.75, 3.05) is 11.9 Å². The summed E-state index contributed by atoms with van der Waals surface area (Å²) in [5.41, 5.74) is 2.55. The van der Waals surface area contributed by atoms with E-state index in [2.05, 4.69) is 10.3 Å². The van der Waals surface area contributed by atoms with Crippen LogP contribution >= 0.6 is 0 Å². The van der Waals surface area contributed by atoms with Gasteiger partial charge >= 0.3 is 0 Å². The van der Waals surface area contributed by atoms with Gasteiger partial charge in [-0.15, -0.1) is 0 Å². The molecule has 2 aromatic heterocycles. The van der Waals surface area contributed by atoms with Crippen LogP contribution in [0.5, 0.6) is 0 Å². The summed E-state index contributed by atoms with van der Waals surface area (Å²) in [5.74, 6) is 0. The monoisotopic (exact) mass is 259 g/mol. The maximum atomic E-state index is 11.9. The predicted molar refractivity (Wildman–Crippen MR) is 74.1 cm³/mol. The molecule has 0 bridgehead atoms. The maximum Gasteiger partial charge on any atom is 0.252 e. The van der Waals surface area contributed by atoms with Gasteiger partial charge in [-0.2, -0.15) is 0 Å². The van der Waals surface area contributed by atoms with Gasteiger partial charge in [0, 0.05) is 42.9 Å². The van der Waals surface area contributed by atoms with Gasteiger partial charge in [0.1, 0.15) is 0 Å². The van der Waals surface area contributed by atoms with Crippen molar-refractivity contribution in [1.82, 2.24) is 9.55 Å². The van der Waals surface area contributed by atoms with E-state index in [0.717, 1.165) is 16.9 Å². The highest BCUT2D eigenvalue weighted by Gasteiger charge is 2.03. The SMILES string of the molecule is Cc1cc(NCc2cccnc2)cc(=O)n1CCO. The average Bonchev–Trinajstić information content (AvgIpc) is 2.42. The maximum absolute atomic E-state index is 11.9. The van der Waals surface area contributed by atoms with Gasteiger partial charge in [-0.1, -0.05) is 6.07 Å². The fourth-order valence-electron chi connectivity index (χ4n) is 1.92. The van der Waals surface area contributed by atoms with Crippen molar-refractivity contribution < 1.29 is 5.11 Å². The first-order chi connectivity index (χ1) is 9.20. The van der Waals surface area contributed by atoms with E-state index in [0.29, 0.717) is 13.1 Å². The molecule has 19 heavy (non-hydrogen) atoms. The molecule has 0 saturated carbocycles. The Morgan fingerprint density at radius 3 is 2.89 bits per heavy atom. The highest BCUT2D eigenvalue weighted by atomic mass is 16.3. The minimum absolute atomic E-state index is 0.0385. The number of hydrogen-bond acceptors (Lipinski definition) is 4. The molecule has 0 atom stereocenters. The first-order valence-electron chi connectivity index (χ1n) is 6.16. The van der Waals surface area contributed by atoms with Gasteiger partial charge in [0.2, 0.25) is 0 Å². The number of aliphatic hydroxyl groups is 1. The Labute approximate surface area is 111 Å². The Balaban J connectivity index is 2.12. The lowest BCUT2D eigenvalue weighted by Gasteiger charge is -2.11. The molecule has 5 nitrogen and oxygen atoms in total. The van der Waals surface area contributed by atoms with E-state index in [9.17, 15) is 4.79 Å². The van der Waals surface area contributed by atoms with Crippen LogP contribution in [-0.2, 0) is 13.1 Å². The van der Waals surface area contributed by atoms with Crippen molar-refractivity contribution in [2.24, 2.45) is 0 Å². The quantitative estimate of drug-likeness (QED) is 0.845. The summed E-state index contributed by atoms with van der Waals surface area (Å²) in [5, 5.41) is 12.1. The van der Waals surface area contributed by atoms with Crippen LogP contribution in [0, 0.1) is 6.92 Å². The van der Waals surface area contributed by atoms with Crippen LogP contribution in [0.1, 0.15) is 11.3 Å². The lowest BCUT2D eigenvalue weighted by Crippen LogP contribution is -2.23. The van der Waals surface area contributed by atoms with Crippen LogP contribution in [0.2, 0.25) is 0 Å². The van der Waals surface area contributed by atoms with Gasteiger partial charge in [0.15, 0.2) is 0 Å². The zero-order valence-corrected chi connectivity index (χ0v) is 10.8. The zero-order valence-electron chi connectivity index (χ0n) is 10.8. The number of aromatic nitrogens is 2. The third-order valence-electron chi connectivity index (χ3n) is 2.88. The molecule has 2 N–H and O–H groups in total. The minimum atomic E-state index is -0.109. The Morgan fingerprint density at radius 2 is 2.26 bits per heavy atom. The molecule has 0 unspecified atom stereocenters. The van der Waals surface area contributed by atoms with Crippen LogP contribution < -0.4 is 10.9 Å². The minimum Gasteiger partial charge on any atom is -0.395 e. The van der Waals surface area contributed by atoms with E-state index in [1.807, 2.05) is 25.1 Å². The molecule has 100 valence electrons. The number of pyridine rings is 2. The second kappa shape index (κ2) is 6.15. The van der Waals surface area contributed by atoms with E-state index >= 15 is 0 Å². The Kier molecular flexibility index (Phi) is 4.30. The van der Waals surface area contributed by atoms with E-state index < -0.39 is 0 Å². The number of hydrogen-bond donors (Lipinski definition) is 2. The Morgan fingerprint density at radius 1 is 1.42 bits per heavy atom. The molecule has 0 spiro atoms. The van der Waals surface area contributed by atoms with E-state index in [1.54, 1.807) is 23.0 Å². The lowest BCUT2D eigenvalue weighted by molar-refractivity contribution is 0.273. The Hall–Kier alpha value is -2.14. The lowest BCUT2D eigenvalue weighted by atomic mass is 10.2. The summed E-state index contributed by atoms with van der Waals surface area (Å²) < 4.78 is 1.55. The Bertz CT molecular complexity index is 593. The topological polar surface area (TPSA) is 67.2 Å². The molecule has 0 radical (unpaired) electrons. The summed E-state index contributed by atoms with van der Waals surface area (Å²) in [6, 6.07) is 7.29. The molecule has 0 aliphatic rings. The molecule has 0 aliphatic carbocycles. The van der Waals surface area contributed by atoms with Gasteiger partial charge < -0.3 is 15.0 Å². The summed E-state index contributed by atoms with van der Waals surface area (Å²) in [4.78, 5) is 15.9. The van der Waals surface area contributed by atoms with Crippen LogP contribution in [0.4, 0.5) is 5.69 Å². The fraction of sp³-hybridized carbons (Fsp3) is 0.286. The van der Waals surface area contributed by atoms with Gasteiger partial charge in [-0.3, -0.25) is 9.78 Å². The summed E-state index contributed by atoms with van der Waals surface area (Å²) in [6.07, 6.45) is 3.51. The van der Waals surface area contributed by atoms with E-state index in [4.69, 9.17) is 5.11 Å². The summed E-state index contributed by atoms with van der Waals surface area (Å²) >= 11 is 0. The first-order valence-corrected chi connectivity index (χ1v) is 6.16. The average molecular weight is 259 g/mol. The fourth-order valence-corrected chi connectivity index (χ4v) is 1.92. The number of anilines is 1. The smallest absolute Gasteiger partial charge is 0.252 e. The first kappa shape index (κ1) is 13.3. The molecule has 0 saturated heterocycles. The standard InChI is InChI=1S/C14H17N3O2/c1-11-7-13(8-14(19)17(11)5-6-18)16-10-12-3-2-4-15-9-12/h2-4,7-9,16,18H,5-6,10H2,1H3. The second-order valence-corrected chi connectivity index (χ2v) is 4.31. The van der Waals surface area contributed by atoms with Crippen LogP contribution in [-0.4, -0.2) is 21.3 Å². The van der Waals surface area contributed by atoms with Gasteiger partial charge in [-0.05, 0) is 24.6 Å². The molecular formula is C14H17N3O2. The van der Waals surface area contributed by atoms with Crippen molar-refractivity contribution in [3.05, 3.63) is 58.3 Å². The molecule has 0 fully saturated rings. The molecular weight excluding hydrogens is 242 g/mol. The van der Waals surface area contributed by atoms with Crippen LogP contribution in [0.3, 0.4) is 0 Å². The summed E-state index contributed by atoms with van der Waals surface area (Å²) in [6.45, 7) is 2.76. The molecule has 2 aromatic rings. The van der Waals surface area contributed by atoms with Crippen molar-refractivity contribution in [3.63, 3.8) is 0 Å². The molecule has 0 aliphatic heterocycles. The van der Waals surface area contributed by atoms with Gasteiger partial charge in [0.25, 0.3) is 5.56 Å². The van der Waals surface area contributed by atoms with Gasteiger partial charge in [-0.25, -0.2) is 0 Å². The second-order valence-electron chi connectivity index (χ2n) is 4.31. The molecule has 2 rings (SSSR count). The highest BCUT2D eigenvalue weighted by molar-refractivity contribution is 5.43. The van der Waals surface area contributed by atoms with Crippen molar-refractivity contribution in [3.8, 4) is 0 Å². The number of nitrogens with one attached hydrogen (secondary N) is 1. The molecule has 0 aromatic carbocycles.